The molecule has 0 spiro atoms. The van der Waals surface area contributed by atoms with Crippen molar-refractivity contribution >= 4 is 35.1 Å². The lowest BCUT2D eigenvalue weighted by molar-refractivity contribution is -0.122. The van der Waals surface area contributed by atoms with Gasteiger partial charge >= 0.3 is 5.97 Å². The second kappa shape index (κ2) is 7.16. The number of ether oxygens (including phenoxy) is 1. The SMILES string of the molecule is O=C(Oc1ccc(Cl)cc1)c1ccc(N2C(=O)[C@H]3CCCC[C@@H]3C2=O)cc1. The van der Waals surface area contributed by atoms with E-state index in [1.54, 1.807) is 48.5 Å². The molecule has 2 amide bonds. The van der Waals surface area contributed by atoms with E-state index in [1.807, 2.05) is 0 Å². The second-order valence-electron chi connectivity index (χ2n) is 6.90. The number of benzene rings is 2. The van der Waals surface area contributed by atoms with Crippen LogP contribution in [0.15, 0.2) is 48.5 Å². The predicted octanol–water partition coefficient (Wildman–Crippen LogP) is 4.24. The van der Waals surface area contributed by atoms with Crippen LogP contribution in [0.1, 0.15) is 36.0 Å². The van der Waals surface area contributed by atoms with E-state index >= 15 is 0 Å². The number of nitrogens with zero attached hydrogens (tertiary/aromatic N) is 1. The van der Waals surface area contributed by atoms with Gasteiger partial charge in [0.15, 0.2) is 0 Å². The van der Waals surface area contributed by atoms with Crippen LogP contribution >= 0.6 is 11.6 Å². The monoisotopic (exact) mass is 383 g/mol. The Bertz CT molecular complexity index is 867. The summed E-state index contributed by atoms with van der Waals surface area (Å²) in [6, 6.07) is 12.9. The number of carbonyl (C=O) groups excluding carboxylic acids is 3. The standard InChI is InChI=1S/C21H18ClNO4/c22-14-7-11-16(12-8-14)27-21(26)13-5-9-15(10-6-13)23-19(24)17-3-1-2-4-18(17)20(23)25/h5-12,17-18H,1-4H2/t17-,18-/m0/s1. The van der Waals surface area contributed by atoms with Gasteiger partial charge < -0.3 is 4.74 Å². The summed E-state index contributed by atoms with van der Waals surface area (Å²) in [4.78, 5) is 38.8. The number of hydrogen-bond acceptors (Lipinski definition) is 4. The van der Waals surface area contributed by atoms with Crippen molar-refractivity contribution in [1.82, 2.24) is 0 Å². The first-order valence-corrected chi connectivity index (χ1v) is 9.38. The van der Waals surface area contributed by atoms with Gasteiger partial charge in [-0.3, -0.25) is 14.5 Å². The Hall–Kier alpha value is -2.66. The average Bonchev–Trinajstić information content (AvgIpc) is 2.95. The van der Waals surface area contributed by atoms with Crippen LogP contribution in [0.4, 0.5) is 5.69 Å². The first kappa shape index (κ1) is 17.7. The maximum Gasteiger partial charge on any atom is 0.343 e. The van der Waals surface area contributed by atoms with Crippen LogP contribution in [0, 0.1) is 11.8 Å². The van der Waals surface area contributed by atoms with Crippen LogP contribution in [-0.2, 0) is 9.59 Å². The summed E-state index contributed by atoms with van der Waals surface area (Å²) in [5, 5.41) is 0.555. The quantitative estimate of drug-likeness (QED) is 0.452. The van der Waals surface area contributed by atoms with Gasteiger partial charge in [0, 0.05) is 5.02 Å². The molecule has 4 rings (SSSR count). The van der Waals surface area contributed by atoms with Crippen LogP contribution in [0.3, 0.4) is 0 Å². The fourth-order valence-electron chi connectivity index (χ4n) is 3.83. The molecule has 0 unspecified atom stereocenters. The van der Waals surface area contributed by atoms with E-state index in [0.717, 1.165) is 25.7 Å². The Kier molecular flexibility index (Phi) is 4.70. The molecule has 2 aromatic carbocycles. The number of hydrogen-bond donors (Lipinski definition) is 0. The molecule has 5 nitrogen and oxygen atoms in total. The highest BCUT2D eigenvalue weighted by Crippen LogP contribution is 2.40. The van der Waals surface area contributed by atoms with Gasteiger partial charge in [-0.25, -0.2) is 4.79 Å². The van der Waals surface area contributed by atoms with Crippen molar-refractivity contribution in [2.75, 3.05) is 4.90 Å². The zero-order chi connectivity index (χ0) is 19.0. The van der Waals surface area contributed by atoms with E-state index in [9.17, 15) is 14.4 Å². The summed E-state index contributed by atoms with van der Waals surface area (Å²) in [6.45, 7) is 0. The first-order chi connectivity index (χ1) is 13.0. The molecule has 2 aromatic rings. The maximum absolute atomic E-state index is 12.6. The normalized spacial score (nSPS) is 21.9. The Morgan fingerprint density at radius 1 is 0.889 bits per heavy atom. The fourth-order valence-corrected chi connectivity index (χ4v) is 3.96. The molecule has 1 saturated heterocycles. The highest BCUT2D eigenvalue weighted by atomic mass is 35.5. The third-order valence-corrected chi connectivity index (χ3v) is 5.48. The highest BCUT2D eigenvalue weighted by Gasteiger charge is 2.48. The molecule has 2 aliphatic rings. The Morgan fingerprint density at radius 3 is 2.00 bits per heavy atom. The lowest BCUT2D eigenvalue weighted by Gasteiger charge is -2.19. The third kappa shape index (κ3) is 3.35. The van der Waals surface area contributed by atoms with E-state index in [2.05, 4.69) is 0 Å². The first-order valence-electron chi connectivity index (χ1n) is 9.00. The van der Waals surface area contributed by atoms with Crippen LogP contribution < -0.4 is 9.64 Å². The van der Waals surface area contributed by atoms with Crippen LogP contribution in [0.25, 0.3) is 0 Å². The lowest BCUT2D eigenvalue weighted by Crippen LogP contribution is -2.30. The minimum Gasteiger partial charge on any atom is -0.423 e. The largest absolute Gasteiger partial charge is 0.423 e. The number of amides is 2. The predicted molar refractivity (Wildman–Crippen MR) is 101 cm³/mol. The van der Waals surface area contributed by atoms with Gasteiger partial charge in [-0.05, 0) is 61.4 Å². The summed E-state index contributed by atoms with van der Waals surface area (Å²) in [7, 11) is 0. The zero-order valence-electron chi connectivity index (χ0n) is 14.6. The van der Waals surface area contributed by atoms with E-state index in [-0.39, 0.29) is 23.7 Å². The molecule has 0 N–H and O–H groups in total. The van der Waals surface area contributed by atoms with Crippen LogP contribution in [0.2, 0.25) is 5.02 Å². The topological polar surface area (TPSA) is 63.7 Å². The molecule has 1 heterocycles. The minimum atomic E-state index is -0.517. The van der Waals surface area contributed by atoms with Gasteiger partial charge in [0.2, 0.25) is 11.8 Å². The molecule has 138 valence electrons. The smallest absolute Gasteiger partial charge is 0.343 e. The average molecular weight is 384 g/mol. The molecule has 0 bridgehead atoms. The summed E-state index contributed by atoms with van der Waals surface area (Å²) >= 11 is 5.81. The molecule has 0 aromatic heterocycles. The van der Waals surface area contributed by atoms with Crippen molar-refractivity contribution in [1.29, 1.82) is 0 Å². The minimum absolute atomic E-state index is 0.124. The van der Waals surface area contributed by atoms with E-state index in [4.69, 9.17) is 16.3 Å². The van der Waals surface area contributed by atoms with Crippen molar-refractivity contribution in [2.24, 2.45) is 11.8 Å². The molecular weight excluding hydrogens is 366 g/mol. The molecule has 0 radical (unpaired) electrons. The van der Waals surface area contributed by atoms with Crippen molar-refractivity contribution in [3.63, 3.8) is 0 Å². The molecule has 1 aliphatic heterocycles. The van der Waals surface area contributed by atoms with Gasteiger partial charge in [-0.2, -0.15) is 0 Å². The maximum atomic E-state index is 12.6. The van der Waals surface area contributed by atoms with Gasteiger partial charge in [0.25, 0.3) is 0 Å². The van der Waals surface area contributed by atoms with Gasteiger partial charge in [0.1, 0.15) is 5.75 Å². The van der Waals surface area contributed by atoms with E-state index in [0.29, 0.717) is 22.0 Å². The number of halogens is 1. The molecule has 2 atom stereocenters. The third-order valence-electron chi connectivity index (χ3n) is 5.23. The van der Waals surface area contributed by atoms with Crippen molar-refractivity contribution in [3.05, 3.63) is 59.1 Å². The lowest BCUT2D eigenvalue weighted by atomic mass is 9.81. The second-order valence-corrected chi connectivity index (χ2v) is 7.34. The molecule has 1 saturated carbocycles. The zero-order valence-corrected chi connectivity index (χ0v) is 15.3. The Morgan fingerprint density at radius 2 is 1.44 bits per heavy atom. The van der Waals surface area contributed by atoms with E-state index < -0.39 is 5.97 Å². The molecule has 27 heavy (non-hydrogen) atoms. The Balaban J connectivity index is 1.50. The highest BCUT2D eigenvalue weighted by molar-refractivity contribution is 6.30. The van der Waals surface area contributed by atoms with Gasteiger partial charge in [0.05, 0.1) is 23.1 Å². The number of imide groups is 1. The van der Waals surface area contributed by atoms with Crippen molar-refractivity contribution in [3.8, 4) is 5.75 Å². The Labute approximate surface area is 161 Å². The van der Waals surface area contributed by atoms with Gasteiger partial charge in [-0.1, -0.05) is 24.4 Å². The molecule has 1 aliphatic carbocycles. The van der Waals surface area contributed by atoms with Gasteiger partial charge in [-0.15, -0.1) is 0 Å². The molecule has 6 heteroatoms. The summed E-state index contributed by atoms with van der Waals surface area (Å²) < 4.78 is 5.30. The summed E-state index contributed by atoms with van der Waals surface area (Å²) in [6.07, 6.45) is 3.53. The number of esters is 1. The molecule has 2 fully saturated rings. The van der Waals surface area contributed by atoms with Crippen LogP contribution in [-0.4, -0.2) is 17.8 Å². The van der Waals surface area contributed by atoms with Crippen molar-refractivity contribution < 1.29 is 19.1 Å². The van der Waals surface area contributed by atoms with Crippen molar-refractivity contribution in [2.45, 2.75) is 25.7 Å². The summed E-state index contributed by atoms with van der Waals surface area (Å²) in [5.41, 5.74) is 0.840. The fraction of sp³-hybridized carbons (Fsp3) is 0.286. The number of anilines is 1. The molecular formula is C21H18ClNO4. The number of fused-ring (bicyclic) bond motifs is 1. The van der Waals surface area contributed by atoms with E-state index in [1.165, 1.54) is 4.90 Å². The number of rotatable bonds is 3. The summed E-state index contributed by atoms with van der Waals surface area (Å²) in [5.74, 6) is -0.761. The number of carbonyl (C=O) groups is 3. The van der Waals surface area contributed by atoms with Crippen LogP contribution in [0.5, 0.6) is 5.75 Å².